The standard InChI is InChI=1S/C10H2F12O3/c11-7(12,13)1-3(9(17,18)19)5(23)25-6(24)4(10(20,21)22)2-8(14,15)16/h1-2H/b3-1+,4-2+. The van der Waals surface area contributed by atoms with E-state index in [0.29, 0.717) is 0 Å². The third kappa shape index (κ3) is 8.44. The molecule has 0 aromatic carbocycles. The van der Waals surface area contributed by atoms with Crippen LogP contribution in [0.3, 0.4) is 0 Å². The SMILES string of the molecule is O=C(OC(=O)/C(=C\C(F)(F)F)C(F)(F)F)/C(=C\C(F)(F)F)C(F)(F)F. The minimum Gasteiger partial charge on any atom is -0.386 e. The van der Waals surface area contributed by atoms with E-state index in [2.05, 4.69) is 4.74 Å². The molecule has 25 heavy (non-hydrogen) atoms. The fraction of sp³-hybridized carbons (Fsp3) is 0.400. The van der Waals surface area contributed by atoms with Gasteiger partial charge in [0.25, 0.3) is 0 Å². The van der Waals surface area contributed by atoms with Crippen LogP contribution in [0, 0.1) is 0 Å². The number of rotatable bonds is 2. The fourth-order valence-corrected chi connectivity index (χ4v) is 1.03. The maximum atomic E-state index is 12.3. The largest absolute Gasteiger partial charge is 0.423 e. The molecule has 0 aliphatic rings. The lowest BCUT2D eigenvalue weighted by molar-refractivity contribution is -0.167. The highest BCUT2D eigenvalue weighted by molar-refractivity contribution is 6.03. The number of carbonyl (C=O) groups excluding carboxylic acids is 2. The van der Waals surface area contributed by atoms with Gasteiger partial charge in [0.15, 0.2) is 0 Å². The van der Waals surface area contributed by atoms with Crippen LogP contribution in [-0.2, 0) is 14.3 Å². The highest BCUT2D eigenvalue weighted by atomic mass is 19.4. The Morgan fingerprint density at radius 1 is 0.560 bits per heavy atom. The maximum absolute atomic E-state index is 12.3. The van der Waals surface area contributed by atoms with Crippen molar-refractivity contribution in [1.29, 1.82) is 0 Å². The van der Waals surface area contributed by atoms with Crippen LogP contribution in [-0.4, -0.2) is 36.6 Å². The Bertz CT molecular complexity index is 532. The molecule has 0 amide bonds. The molecule has 144 valence electrons. The second-order valence-electron chi connectivity index (χ2n) is 3.87. The van der Waals surface area contributed by atoms with Crippen molar-refractivity contribution >= 4 is 11.9 Å². The van der Waals surface area contributed by atoms with Crippen LogP contribution in [0.2, 0.25) is 0 Å². The van der Waals surface area contributed by atoms with Gasteiger partial charge in [-0.2, -0.15) is 52.7 Å². The molecule has 0 saturated carbocycles. The molecule has 0 atom stereocenters. The number of esters is 2. The van der Waals surface area contributed by atoms with Crippen LogP contribution in [0.1, 0.15) is 0 Å². The zero-order chi connectivity index (χ0) is 20.4. The maximum Gasteiger partial charge on any atom is 0.423 e. The van der Waals surface area contributed by atoms with E-state index in [4.69, 9.17) is 0 Å². The Morgan fingerprint density at radius 2 is 0.800 bits per heavy atom. The van der Waals surface area contributed by atoms with Crippen molar-refractivity contribution in [2.75, 3.05) is 0 Å². The second kappa shape index (κ2) is 6.95. The monoisotopic (exact) mass is 398 g/mol. The molecule has 0 aromatic heterocycles. The molecule has 0 fully saturated rings. The lowest BCUT2D eigenvalue weighted by Gasteiger charge is -2.14. The quantitative estimate of drug-likeness (QED) is 0.304. The van der Waals surface area contributed by atoms with E-state index >= 15 is 0 Å². The van der Waals surface area contributed by atoms with Crippen molar-refractivity contribution in [3.63, 3.8) is 0 Å². The Labute approximate surface area is 128 Å². The first-order chi connectivity index (χ1) is 10.7. The van der Waals surface area contributed by atoms with Crippen LogP contribution < -0.4 is 0 Å². The lowest BCUT2D eigenvalue weighted by atomic mass is 10.2. The lowest BCUT2D eigenvalue weighted by Crippen LogP contribution is -2.30. The number of allylic oxidation sites excluding steroid dienone is 2. The van der Waals surface area contributed by atoms with Crippen LogP contribution in [0.15, 0.2) is 23.3 Å². The average molecular weight is 398 g/mol. The Kier molecular flexibility index (Phi) is 6.33. The second-order valence-corrected chi connectivity index (χ2v) is 3.87. The summed E-state index contributed by atoms with van der Waals surface area (Å²) in [6.07, 6.45) is -27.3. The summed E-state index contributed by atoms with van der Waals surface area (Å²) in [6.45, 7) is 0. The van der Waals surface area contributed by atoms with E-state index < -0.39 is 59.9 Å². The molecule has 0 spiro atoms. The predicted octanol–water partition coefficient (Wildman–Crippen LogP) is 4.16. The smallest absolute Gasteiger partial charge is 0.386 e. The molecule has 0 N–H and O–H groups in total. The van der Waals surface area contributed by atoms with Crippen molar-refractivity contribution in [2.24, 2.45) is 0 Å². The van der Waals surface area contributed by atoms with Crippen molar-refractivity contribution in [1.82, 2.24) is 0 Å². The van der Waals surface area contributed by atoms with E-state index in [1.165, 1.54) is 0 Å². The first-order valence-electron chi connectivity index (χ1n) is 5.24. The highest BCUT2D eigenvalue weighted by Crippen LogP contribution is 2.34. The molecule has 3 nitrogen and oxygen atoms in total. The van der Waals surface area contributed by atoms with Gasteiger partial charge in [-0.15, -0.1) is 0 Å². The molecule has 0 saturated heterocycles. The van der Waals surface area contributed by atoms with Crippen LogP contribution in [0.4, 0.5) is 52.7 Å². The van der Waals surface area contributed by atoms with Gasteiger partial charge < -0.3 is 4.74 Å². The third-order valence-corrected chi connectivity index (χ3v) is 1.85. The number of hydrogen-bond donors (Lipinski definition) is 0. The highest BCUT2D eigenvalue weighted by Gasteiger charge is 2.48. The van der Waals surface area contributed by atoms with Crippen molar-refractivity contribution in [3.05, 3.63) is 23.3 Å². The van der Waals surface area contributed by atoms with Crippen LogP contribution >= 0.6 is 0 Å². The van der Waals surface area contributed by atoms with Gasteiger partial charge in [0, 0.05) is 12.2 Å². The summed E-state index contributed by atoms with van der Waals surface area (Å²) in [7, 11) is 0. The van der Waals surface area contributed by atoms with Crippen LogP contribution in [0.5, 0.6) is 0 Å². The zero-order valence-corrected chi connectivity index (χ0v) is 10.9. The molecule has 0 heterocycles. The van der Waals surface area contributed by atoms with Gasteiger partial charge in [0.1, 0.15) is 11.1 Å². The molecule has 0 unspecified atom stereocenters. The summed E-state index contributed by atoms with van der Waals surface area (Å²) in [5.74, 6) is -6.54. The molecule has 0 bridgehead atoms. The van der Waals surface area contributed by atoms with E-state index in [1.54, 1.807) is 0 Å². The van der Waals surface area contributed by atoms with Crippen molar-refractivity contribution in [3.8, 4) is 0 Å². The number of alkyl halides is 12. The molecule has 0 rings (SSSR count). The average Bonchev–Trinajstić information content (AvgIpc) is 2.27. The molecule has 15 heteroatoms. The molecule has 0 radical (unpaired) electrons. The van der Waals surface area contributed by atoms with Gasteiger partial charge in [0.2, 0.25) is 0 Å². The summed E-state index contributed by atoms with van der Waals surface area (Å²) in [6, 6.07) is 0. The number of hydrogen-bond acceptors (Lipinski definition) is 3. The summed E-state index contributed by atoms with van der Waals surface area (Å²) < 4.78 is 148. The zero-order valence-electron chi connectivity index (χ0n) is 10.9. The topological polar surface area (TPSA) is 43.4 Å². The van der Waals surface area contributed by atoms with E-state index in [0.717, 1.165) is 0 Å². The number of halogens is 12. The van der Waals surface area contributed by atoms with Gasteiger partial charge in [-0.05, 0) is 0 Å². The van der Waals surface area contributed by atoms with Crippen LogP contribution in [0.25, 0.3) is 0 Å². The Balaban J connectivity index is 5.81. The van der Waals surface area contributed by atoms with Crippen molar-refractivity contribution in [2.45, 2.75) is 24.7 Å². The van der Waals surface area contributed by atoms with Gasteiger partial charge in [-0.3, -0.25) is 0 Å². The first-order valence-corrected chi connectivity index (χ1v) is 5.24. The molecular weight excluding hydrogens is 396 g/mol. The summed E-state index contributed by atoms with van der Waals surface area (Å²) in [5.41, 5.74) is -6.50. The number of carbonyl (C=O) groups is 2. The summed E-state index contributed by atoms with van der Waals surface area (Å²) in [4.78, 5) is 21.7. The summed E-state index contributed by atoms with van der Waals surface area (Å²) >= 11 is 0. The van der Waals surface area contributed by atoms with Gasteiger partial charge in [-0.25, -0.2) is 9.59 Å². The first kappa shape index (κ1) is 22.8. The van der Waals surface area contributed by atoms with Gasteiger partial charge in [-0.1, -0.05) is 0 Å². The molecule has 0 aliphatic carbocycles. The van der Waals surface area contributed by atoms with E-state index in [9.17, 15) is 62.3 Å². The van der Waals surface area contributed by atoms with E-state index in [-0.39, 0.29) is 0 Å². The minimum atomic E-state index is -6.13. The Hall–Kier alpha value is -2.22. The summed E-state index contributed by atoms with van der Waals surface area (Å²) in [5, 5.41) is 0. The molecular formula is C10H2F12O3. The van der Waals surface area contributed by atoms with E-state index in [1.807, 2.05) is 0 Å². The number of ether oxygens (including phenoxy) is 1. The molecule has 0 aromatic rings. The van der Waals surface area contributed by atoms with Gasteiger partial charge >= 0.3 is 36.6 Å². The molecule has 0 aliphatic heterocycles. The minimum absolute atomic E-state index is 1.73. The Morgan fingerprint density at radius 3 is 0.960 bits per heavy atom. The van der Waals surface area contributed by atoms with Gasteiger partial charge in [0.05, 0.1) is 0 Å². The normalized spacial score (nSPS) is 15.2. The third-order valence-electron chi connectivity index (χ3n) is 1.85. The predicted molar refractivity (Wildman–Crippen MR) is 51.5 cm³/mol. The fourth-order valence-electron chi connectivity index (χ4n) is 1.03. The van der Waals surface area contributed by atoms with Crippen molar-refractivity contribution < 1.29 is 67.0 Å².